The third-order valence-electron chi connectivity index (χ3n) is 4.94. The molecule has 3 rings (SSSR count). The highest BCUT2D eigenvalue weighted by molar-refractivity contribution is 7.71. The van der Waals surface area contributed by atoms with E-state index in [0.29, 0.717) is 17.3 Å². The Morgan fingerprint density at radius 2 is 2.04 bits per heavy atom. The summed E-state index contributed by atoms with van der Waals surface area (Å²) in [5.41, 5.74) is 1.67. The van der Waals surface area contributed by atoms with E-state index in [1.54, 1.807) is 7.11 Å². The van der Waals surface area contributed by atoms with Crippen molar-refractivity contribution in [3.05, 3.63) is 46.0 Å². The normalized spacial score (nSPS) is 15.6. The van der Waals surface area contributed by atoms with Crippen LogP contribution in [0.5, 0.6) is 0 Å². The first-order valence-electron chi connectivity index (χ1n) is 9.05. The number of ether oxygens (including phenoxy) is 1. The van der Waals surface area contributed by atoms with Crippen molar-refractivity contribution in [3.63, 3.8) is 0 Å². The van der Waals surface area contributed by atoms with Gasteiger partial charge in [0.15, 0.2) is 4.77 Å². The summed E-state index contributed by atoms with van der Waals surface area (Å²) in [7, 11) is 1.65. The van der Waals surface area contributed by atoms with Gasteiger partial charge in [-0.3, -0.25) is 9.89 Å². The zero-order valence-electron chi connectivity index (χ0n) is 15.6. The van der Waals surface area contributed by atoms with E-state index in [9.17, 15) is 4.79 Å². The Kier molecular flexibility index (Phi) is 5.88. The van der Waals surface area contributed by atoms with E-state index in [1.165, 1.54) is 0 Å². The van der Waals surface area contributed by atoms with Crippen LogP contribution in [0.15, 0.2) is 24.3 Å². The maximum absolute atomic E-state index is 12.9. The summed E-state index contributed by atoms with van der Waals surface area (Å²) >= 11 is 5.35. The molecule has 0 radical (unpaired) electrons. The van der Waals surface area contributed by atoms with E-state index >= 15 is 0 Å². The molecule has 26 heavy (non-hydrogen) atoms. The van der Waals surface area contributed by atoms with Crippen molar-refractivity contribution in [2.75, 3.05) is 20.2 Å². The van der Waals surface area contributed by atoms with E-state index < -0.39 is 0 Å². The van der Waals surface area contributed by atoms with Gasteiger partial charge in [-0.15, -0.1) is 0 Å². The van der Waals surface area contributed by atoms with Crippen LogP contribution in [0.2, 0.25) is 0 Å². The molecule has 0 atom stereocenters. The summed E-state index contributed by atoms with van der Waals surface area (Å²) in [6, 6.07) is 7.94. The molecule has 1 aromatic heterocycles. The molecular weight excluding hydrogens is 348 g/mol. The fourth-order valence-electron chi connectivity index (χ4n) is 3.63. The number of rotatable bonds is 5. The third-order valence-corrected chi connectivity index (χ3v) is 5.23. The van der Waals surface area contributed by atoms with Gasteiger partial charge in [0, 0.05) is 37.7 Å². The first-order valence-corrected chi connectivity index (χ1v) is 9.46. The molecule has 2 heterocycles. The van der Waals surface area contributed by atoms with Crippen LogP contribution in [-0.4, -0.2) is 45.8 Å². The standard InChI is InChI=1S/C19H26N4O2S/c1-13(2)23-17(20-21-19(23)26)14-8-10-22(11-9-14)18(24)16-7-5-4-6-15(16)12-25-3/h4-7,13-14H,8-12H2,1-3H3,(H,21,26). The maximum atomic E-state index is 12.9. The Morgan fingerprint density at radius 1 is 1.35 bits per heavy atom. The summed E-state index contributed by atoms with van der Waals surface area (Å²) < 4.78 is 7.98. The van der Waals surface area contributed by atoms with Crippen LogP contribution in [-0.2, 0) is 11.3 Å². The molecule has 1 fully saturated rings. The van der Waals surface area contributed by atoms with Gasteiger partial charge >= 0.3 is 0 Å². The van der Waals surface area contributed by atoms with Gasteiger partial charge in [-0.1, -0.05) is 18.2 Å². The van der Waals surface area contributed by atoms with Crippen molar-refractivity contribution in [2.24, 2.45) is 0 Å². The number of carbonyl (C=O) groups excluding carboxylic acids is 1. The number of H-pyrrole nitrogens is 1. The molecule has 1 amide bonds. The second-order valence-electron chi connectivity index (χ2n) is 7.01. The Balaban J connectivity index is 1.71. The first kappa shape index (κ1) is 18.8. The van der Waals surface area contributed by atoms with E-state index in [0.717, 1.165) is 42.9 Å². The molecule has 0 spiro atoms. The van der Waals surface area contributed by atoms with Crippen LogP contribution in [0.3, 0.4) is 0 Å². The van der Waals surface area contributed by atoms with E-state index in [4.69, 9.17) is 17.0 Å². The van der Waals surface area contributed by atoms with Gasteiger partial charge in [0.2, 0.25) is 0 Å². The lowest BCUT2D eigenvalue weighted by Gasteiger charge is -2.32. The summed E-state index contributed by atoms with van der Waals surface area (Å²) in [6.45, 7) is 6.12. The van der Waals surface area contributed by atoms with Crippen molar-refractivity contribution < 1.29 is 9.53 Å². The van der Waals surface area contributed by atoms with Crippen molar-refractivity contribution >= 4 is 18.1 Å². The molecule has 1 aliphatic rings. The molecule has 0 bridgehead atoms. The summed E-state index contributed by atoms with van der Waals surface area (Å²) in [5.74, 6) is 1.42. The van der Waals surface area contributed by atoms with Crippen LogP contribution in [0, 0.1) is 4.77 Å². The lowest BCUT2D eigenvalue weighted by molar-refractivity contribution is 0.0705. The molecule has 0 aliphatic carbocycles. The van der Waals surface area contributed by atoms with Crippen molar-refractivity contribution in [1.82, 2.24) is 19.7 Å². The van der Waals surface area contributed by atoms with Crippen molar-refractivity contribution in [1.29, 1.82) is 0 Å². The van der Waals surface area contributed by atoms with Gasteiger partial charge in [0.1, 0.15) is 5.82 Å². The number of carbonyl (C=O) groups is 1. The number of piperidine rings is 1. The highest BCUT2D eigenvalue weighted by Crippen LogP contribution is 2.29. The number of aromatic amines is 1. The average Bonchev–Trinajstić information content (AvgIpc) is 3.04. The molecule has 1 saturated heterocycles. The van der Waals surface area contributed by atoms with Gasteiger partial charge in [0.05, 0.1) is 6.61 Å². The zero-order valence-corrected chi connectivity index (χ0v) is 16.4. The SMILES string of the molecule is COCc1ccccc1C(=O)N1CCC(c2n[nH]c(=S)n2C(C)C)CC1. The molecule has 6 nitrogen and oxygen atoms in total. The number of methoxy groups -OCH3 is 1. The van der Waals surface area contributed by atoms with Crippen molar-refractivity contribution in [3.8, 4) is 0 Å². The average molecular weight is 375 g/mol. The van der Waals surface area contributed by atoms with Crippen LogP contribution in [0.1, 0.15) is 60.4 Å². The number of amides is 1. The maximum Gasteiger partial charge on any atom is 0.254 e. The fourth-order valence-corrected chi connectivity index (χ4v) is 3.98. The van der Waals surface area contributed by atoms with E-state index in [2.05, 4.69) is 28.6 Å². The minimum Gasteiger partial charge on any atom is -0.380 e. The van der Waals surface area contributed by atoms with Crippen LogP contribution < -0.4 is 0 Å². The predicted octanol–water partition coefficient (Wildman–Crippen LogP) is 3.69. The van der Waals surface area contributed by atoms with Crippen molar-refractivity contribution in [2.45, 2.75) is 45.3 Å². The van der Waals surface area contributed by atoms with E-state index in [1.807, 2.05) is 29.2 Å². The third kappa shape index (κ3) is 3.73. The zero-order chi connectivity index (χ0) is 18.7. The molecule has 7 heteroatoms. The number of aromatic nitrogens is 3. The van der Waals surface area contributed by atoms with Crippen LogP contribution >= 0.6 is 12.2 Å². The fraction of sp³-hybridized carbons (Fsp3) is 0.526. The smallest absolute Gasteiger partial charge is 0.254 e. The monoisotopic (exact) mass is 374 g/mol. The second-order valence-corrected chi connectivity index (χ2v) is 7.39. The highest BCUT2D eigenvalue weighted by Gasteiger charge is 2.28. The van der Waals surface area contributed by atoms with Gasteiger partial charge in [0.25, 0.3) is 5.91 Å². The lowest BCUT2D eigenvalue weighted by Crippen LogP contribution is -2.38. The lowest BCUT2D eigenvalue weighted by atomic mass is 9.94. The Hall–Kier alpha value is -1.99. The predicted molar refractivity (Wildman–Crippen MR) is 103 cm³/mol. The molecule has 0 unspecified atom stereocenters. The molecule has 1 aliphatic heterocycles. The van der Waals surface area contributed by atoms with Crippen LogP contribution in [0.4, 0.5) is 0 Å². The summed E-state index contributed by atoms with van der Waals surface area (Å²) in [6.07, 6.45) is 1.79. The topological polar surface area (TPSA) is 63.1 Å². The molecule has 1 aromatic carbocycles. The molecule has 2 aromatic rings. The Labute approximate surface area is 159 Å². The van der Waals surface area contributed by atoms with Gasteiger partial charge < -0.3 is 14.2 Å². The molecule has 140 valence electrons. The summed E-state index contributed by atoms with van der Waals surface area (Å²) in [4.78, 5) is 14.9. The first-order chi connectivity index (χ1) is 12.5. The highest BCUT2D eigenvalue weighted by atomic mass is 32.1. The minimum atomic E-state index is 0.0822. The summed E-state index contributed by atoms with van der Waals surface area (Å²) in [5, 5.41) is 7.37. The van der Waals surface area contributed by atoms with E-state index in [-0.39, 0.29) is 11.9 Å². The quantitative estimate of drug-likeness (QED) is 0.811. The van der Waals surface area contributed by atoms with Gasteiger partial charge in [-0.05, 0) is 50.5 Å². The Bertz CT molecular complexity index is 819. The number of nitrogens with one attached hydrogen (secondary N) is 1. The van der Waals surface area contributed by atoms with Gasteiger partial charge in [-0.25, -0.2) is 0 Å². The molecule has 0 saturated carbocycles. The Morgan fingerprint density at radius 3 is 2.69 bits per heavy atom. The number of hydrogen-bond acceptors (Lipinski definition) is 4. The molecule has 1 N–H and O–H groups in total. The number of benzene rings is 1. The number of nitrogens with zero attached hydrogens (tertiary/aromatic N) is 3. The number of hydrogen-bond donors (Lipinski definition) is 1. The van der Waals surface area contributed by atoms with Gasteiger partial charge in [-0.2, -0.15) is 5.10 Å². The second kappa shape index (κ2) is 8.14. The minimum absolute atomic E-state index is 0.0822. The largest absolute Gasteiger partial charge is 0.380 e. The molecular formula is C19H26N4O2S. The number of likely N-dealkylation sites (tertiary alicyclic amines) is 1. The van der Waals surface area contributed by atoms with Crippen LogP contribution in [0.25, 0.3) is 0 Å².